The number of rotatable bonds is 5. The van der Waals surface area contributed by atoms with Crippen molar-refractivity contribution in [2.75, 3.05) is 0 Å². The molecule has 18 heavy (non-hydrogen) atoms. The van der Waals surface area contributed by atoms with E-state index in [2.05, 4.69) is 62.7 Å². The molecule has 2 aromatic rings. The maximum absolute atomic E-state index is 5.72. The summed E-state index contributed by atoms with van der Waals surface area (Å²) in [4.78, 5) is 0. The number of benzene rings is 1. The highest BCUT2D eigenvalue weighted by Crippen LogP contribution is 2.23. The second kappa shape index (κ2) is 5.47. The van der Waals surface area contributed by atoms with E-state index in [9.17, 15) is 0 Å². The van der Waals surface area contributed by atoms with E-state index < -0.39 is 0 Å². The van der Waals surface area contributed by atoms with Crippen LogP contribution in [0.4, 0.5) is 0 Å². The Kier molecular flexibility index (Phi) is 3.95. The minimum absolute atomic E-state index is 0.227. The molecule has 0 aliphatic rings. The van der Waals surface area contributed by atoms with Crippen molar-refractivity contribution < 1.29 is 4.74 Å². The van der Waals surface area contributed by atoms with Crippen molar-refractivity contribution in [1.82, 2.24) is 4.57 Å². The molecule has 0 aliphatic heterocycles. The third-order valence-electron chi connectivity index (χ3n) is 3.32. The first kappa shape index (κ1) is 13.0. The highest BCUT2D eigenvalue weighted by atomic mass is 16.5. The molecular formula is C16H23NO. The Morgan fingerprint density at radius 1 is 1.17 bits per heavy atom. The van der Waals surface area contributed by atoms with Gasteiger partial charge in [-0.1, -0.05) is 20.3 Å². The van der Waals surface area contributed by atoms with Gasteiger partial charge in [0.15, 0.2) is 0 Å². The number of nitrogens with zero attached hydrogens (tertiary/aromatic N) is 1. The summed E-state index contributed by atoms with van der Waals surface area (Å²) < 4.78 is 8.06. The molecule has 0 aliphatic carbocycles. The van der Waals surface area contributed by atoms with Crippen molar-refractivity contribution in [3.05, 3.63) is 30.5 Å². The lowest BCUT2D eigenvalue weighted by molar-refractivity contribution is 0.243. The van der Waals surface area contributed by atoms with Crippen LogP contribution in [0.1, 0.15) is 34.1 Å². The number of fused-ring (bicyclic) bond motifs is 1. The standard InChI is InChI=1S/C16H23NO/c1-5-13(4)11-17-9-8-14-10-15(18-12(2)3)6-7-16(14)17/h6-10,12-13H,5,11H2,1-4H3. The highest BCUT2D eigenvalue weighted by molar-refractivity contribution is 5.81. The van der Waals surface area contributed by atoms with E-state index in [0.717, 1.165) is 12.3 Å². The zero-order valence-electron chi connectivity index (χ0n) is 11.8. The average molecular weight is 245 g/mol. The molecule has 0 amide bonds. The van der Waals surface area contributed by atoms with Gasteiger partial charge in [-0.2, -0.15) is 0 Å². The van der Waals surface area contributed by atoms with Gasteiger partial charge in [-0.25, -0.2) is 0 Å². The van der Waals surface area contributed by atoms with E-state index in [1.807, 2.05) is 0 Å². The summed E-state index contributed by atoms with van der Waals surface area (Å²) in [6.45, 7) is 9.73. The molecule has 2 rings (SSSR count). The van der Waals surface area contributed by atoms with E-state index in [4.69, 9.17) is 4.74 Å². The number of ether oxygens (including phenoxy) is 1. The van der Waals surface area contributed by atoms with Gasteiger partial charge < -0.3 is 9.30 Å². The minimum atomic E-state index is 0.227. The van der Waals surface area contributed by atoms with Crippen LogP contribution in [0.2, 0.25) is 0 Å². The first-order valence-corrected chi connectivity index (χ1v) is 6.85. The lowest BCUT2D eigenvalue weighted by atomic mass is 10.1. The lowest BCUT2D eigenvalue weighted by Gasteiger charge is -2.12. The Hall–Kier alpha value is -1.44. The predicted molar refractivity (Wildman–Crippen MR) is 77.2 cm³/mol. The van der Waals surface area contributed by atoms with E-state index in [1.54, 1.807) is 0 Å². The first-order chi connectivity index (χ1) is 8.60. The van der Waals surface area contributed by atoms with Crippen molar-refractivity contribution in [3.8, 4) is 5.75 Å². The summed E-state index contributed by atoms with van der Waals surface area (Å²) in [5.41, 5.74) is 1.30. The molecule has 1 atom stereocenters. The Balaban J connectivity index is 2.26. The van der Waals surface area contributed by atoms with Gasteiger partial charge in [0.05, 0.1) is 6.10 Å². The maximum Gasteiger partial charge on any atom is 0.120 e. The van der Waals surface area contributed by atoms with Crippen molar-refractivity contribution in [3.63, 3.8) is 0 Å². The molecule has 2 nitrogen and oxygen atoms in total. The summed E-state index contributed by atoms with van der Waals surface area (Å²) >= 11 is 0. The third kappa shape index (κ3) is 2.87. The fraction of sp³-hybridized carbons (Fsp3) is 0.500. The van der Waals surface area contributed by atoms with Crippen LogP contribution in [0.3, 0.4) is 0 Å². The molecule has 2 heteroatoms. The van der Waals surface area contributed by atoms with Gasteiger partial charge in [0.2, 0.25) is 0 Å². The molecule has 0 spiro atoms. The predicted octanol–water partition coefficient (Wildman–Crippen LogP) is 4.47. The summed E-state index contributed by atoms with van der Waals surface area (Å²) in [6.07, 6.45) is 3.62. The molecule has 0 fully saturated rings. The maximum atomic E-state index is 5.72. The monoisotopic (exact) mass is 245 g/mol. The zero-order valence-corrected chi connectivity index (χ0v) is 11.8. The molecular weight excluding hydrogens is 222 g/mol. The van der Waals surface area contributed by atoms with Crippen LogP contribution in [0.15, 0.2) is 30.5 Å². The van der Waals surface area contributed by atoms with E-state index >= 15 is 0 Å². The van der Waals surface area contributed by atoms with E-state index in [0.29, 0.717) is 5.92 Å². The molecule has 0 radical (unpaired) electrons. The van der Waals surface area contributed by atoms with E-state index in [1.165, 1.54) is 17.3 Å². The van der Waals surface area contributed by atoms with Crippen LogP contribution in [-0.2, 0) is 6.54 Å². The molecule has 0 N–H and O–H groups in total. The lowest BCUT2D eigenvalue weighted by Crippen LogP contribution is -2.06. The first-order valence-electron chi connectivity index (χ1n) is 6.85. The summed E-state index contributed by atoms with van der Waals surface area (Å²) in [5, 5.41) is 1.26. The second-order valence-corrected chi connectivity index (χ2v) is 5.37. The normalized spacial score (nSPS) is 13.2. The fourth-order valence-corrected chi connectivity index (χ4v) is 2.15. The average Bonchev–Trinajstić information content (AvgIpc) is 2.71. The minimum Gasteiger partial charge on any atom is -0.491 e. The fourth-order valence-electron chi connectivity index (χ4n) is 2.15. The Labute approximate surface area is 110 Å². The van der Waals surface area contributed by atoms with Crippen molar-refractivity contribution >= 4 is 10.9 Å². The summed E-state index contributed by atoms with van der Waals surface area (Å²) in [5.74, 6) is 1.67. The van der Waals surface area contributed by atoms with Crippen LogP contribution in [-0.4, -0.2) is 10.7 Å². The van der Waals surface area contributed by atoms with Gasteiger partial charge >= 0.3 is 0 Å². The topological polar surface area (TPSA) is 14.2 Å². The van der Waals surface area contributed by atoms with Crippen LogP contribution in [0.5, 0.6) is 5.75 Å². The highest BCUT2D eigenvalue weighted by Gasteiger charge is 2.06. The molecule has 1 unspecified atom stereocenters. The molecule has 0 saturated carbocycles. The molecule has 1 aromatic carbocycles. The Bertz CT molecular complexity index is 513. The van der Waals surface area contributed by atoms with Gasteiger partial charge in [-0.05, 0) is 44.0 Å². The van der Waals surface area contributed by atoms with Crippen LogP contribution in [0.25, 0.3) is 10.9 Å². The van der Waals surface area contributed by atoms with Gasteiger partial charge in [0, 0.05) is 23.6 Å². The van der Waals surface area contributed by atoms with Crippen LogP contribution in [0, 0.1) is 5.92 Å². The van der Waals surface area contributed by atoms with Gasteiger partial charge in [-0.3, -0.25) is 0 Å². The molecule has 1 aromatic heterocycles. The smallest absolute Gasteiger partial charge is 0.120 e. The molecule has 0 bridgehead atoms. The SMILES string of the molecule is CCC(C)Cn1ccc2cc(OC(C)C)ccc21. The third-order valence-corrected chi connectivity index (χ3v) is 3.32. The second-order valence-electron chi connectivity index (χ2n) is 5.37. The van der Waals surface area contributed by atoms with Gasteiger partial charge in [0.25, 0.3) is 0 Å². The molecule has 1 heterocycles. The van der Waals surface area contributed by atoms with Crippen molar-refractivity contribution in [2.45, 2.75) is 46.8 Å². The largest absolute Gasteiger partial charge is 0.491 e. The van der Waals surface area contributed by atoms with Gasteiger partial charge in [0.1, 0.15) is 5.75 Å². The Morgan fingerprint density at radius 3 is 2.61 bits per heavy atom. The quantitative estimate of drug-likeness (QED) is 0.757. The van der Waals surface area contributed by atoms with Crippen LogP contribution < -0.4 is 4.74 Å². The van der Waals surface area contributed by atoms with Crippen molar-refractivity contribution in [2.24, 2.45) is 5.92 Å². The van der Waals surface area contributed by atoms with Crippen molar-refractivity contribution in [1.29, 1.82) is 0 Å². The summed E-state index contributed by atoms with van der Waals surface area (Å²) in [7, 11) is 0. The van der Waals surface area contributed by atoms with E-state index in [-0.39, 0.29) is 6.10 Å². The number of aromatic nitrogens is 1. The Morgan fingerprint density at radius 2 is 1.94 bits per heavy atom. The summed E-state index contributed by atoms with van der Waals surface area (Å²) in [6, 6.07) is 8.53. The van der Waals surface area contributed by atoms with Crippen LogP contribution >= 0.6 is 0 Å². The van der Waals surface area contributed by atoms with Gasteiger partial charge in [-0.15, -0.1) is 0 Å². The number of hydrogen-bond donors (Lipinski definition) is 0. The number of hydrogen-bond acceptors (Lipinski definition) is 1. The zero-order chi connectivity index (χ0) is 13.1. The molecule has 98 valence electrons. The molecule has 0 saturated heterocycles.